The Morgan fingerprint density at radius 1 is 0.464 bits per heavy atom. The average molecular weight is 438 g/mol. The van der Waals surface area contributed by atoms with E-state index in [1.807, 2.05) is 0 Å². The van der Waals surface area contributed by atoms with E-state index in [9.17, 15) is 0 Å². The normalized spacial score (nSPS) is 10.5. The van der Waals surface area contributed by atoms with E-state index in [1.54, 1.807) is 0 Å². The average Bonchev–Trinajstić information content (AvgIpc) is 2.79. The minimum absolute atomic E-state index is 0.689. The van der Waals surface area contributed by atoms with E-state index in [2.05, 4.69) is 132 Å². The van der Waals surface area contributed by atoms with Gasteiger partial charge in [-0.25, -0.2) is 0 Å². The molecule has 4 aromatic rings. The van der Waals surface area contributed by atoms with Crippen molar-refractivity contribution in [2.45, 2.75) is 0 Å². The van der Waals surface area contributed by atoms with Gasteiger partial charge < -0.3 is 0 Å². The number of hydrogen-bond donors (Lipinski definition) is 0. The maximum atomic E-state index is 3.77. The fraction of sp³-hybridized carbons (Fsp3) is 0. The predicted octanol–water partition coefficient (Wildman–Crippen LogP) is 3.93. The zero-order valence-electron chi connectivity index (χ0n) is 15.4. The van der Waals surface area contributed by atoms with Gasteiger partial charge in [-0.1, -0.05) is 0 Å². The molecule has 0 saturated carbocycles. The molecule has 0 N–H and O–H groups in total. The summed E-state index contributed by atoms with van der Waals surface area (Å²) in [7, 11) is -0.689. The van der Waals surface area contributed by atoms with Crippen LogP contribution < -0.4 is 19.3 Å². The molecule has 4 aromatic carbocycles. The maximum absolute atomic E-state index is 3.77. The van der Waals surface area contributed by atoms with Gasteiger partial charge in [-0.05, 0) is 0 Å². The Hall–Kier alpha value is -2.57. The van der Waals surface area contributed by atoms with Crippen molar-refractivity contribution in [2.75, 3.05) is 0 Å². The Kier molecular flexibility index (Phi) is 6.42. The van der Waals surface area contributed by atoms with E-state index in [4.69, 9.17) is 0 Å². The Bertz CT molecular complexity index is 886. The Balaban J connectivity index is 1.78. The van der Waals surface area contributed by atoms with Gasteiger partial charge in [-0.15, -0.1) is 0 Å². The van der Waals surface area contributed by atoms with Crippen LogP contribution in [0.25, 0.3) is 0 Å². The summed E-state index contributed by atoms with van der Waals surface area (Å²) in [5.41, 5.74) is 3.73. The van der Waals surface area contributed by atoms with Crippen LogP contribution in [0.5, 0.6) is 0 Å². The molecule has 4 rings (SSSR count). The first-order chi connectivity index (χ1) is 13.9. The SMILES string of the molecule is C(#C[As](c1ccccc1)c1ccccc1)P(c1ccccc1)c1ccccc1. The number of hydrogen-bond acceptors (Lipinski definition) is 0. The van der Waals surface area contributed by atoms with Crippen LogP contribution in [-0.4, -0.2) is 14.7 Å². The van der Waals surface area contributed by atoms with Crippen molar-refractivity contribution in [3.63, 3.8) is 0 Å². The summed E-state index contributed by atoms with van der Waals surface area (Å²) in [6.07, 6.45) is 0. The monoisotopic (exact) mass is 438 g/mol. The van der Waals surface area contributed by atoms with Crippen molar-refractivity contribution in [3.05, 3.63) is 121 Å². The van der Waals surface area contributed by atoms with Gasteiger partial charge >= 0.3 is 174 Å². The van der Waals surface area contributed by atoms with Gasteiger partial charge in [0.1, 0.15) is 0 Å². The first-order valence-corrected chi connectivity index (χ1v) is 13.4. The van der Waals surface area contributed by atoms with Crippen molar-refractivity contribution in [3.8, 4) is 10.4 Å². The van der Waals surface area contributed by atoms with Gasteiger partial charge in [-0.3, -0.25) is 0 Å². The zero-order valence-corrected chi connectivity index (χ0v) is 18.2. The van der Waals surface area contributed by atoms with Crippen LogP contribution >= 0.6 is 7.92 Å². The van der Waals surface area contributed by atoms with E-state index in [0.29, 0.717) is 0 Å². The Morgan fingerprint density at radius 3 is 1.21 bits per heavy atom. The van der Waals surface area contributed by atoms with Crippen molar-refractivity contribution in [2.24, 2.45) is 0 Å². The summed E-state index contributed by atoms with van der Waals surface area (Å²) in [4.78, 5) is 0. The third kappa shape index (κ3) is 4.63. The molecule has 0 aliphatic heterocycles. The minimum atomic E-state index is -1.68. The second-order valence-electron chi connectivity index (χ2n) is 6.24. The first kappa shape index (κ1) is 18.8. The van der Waals surface area contributed by atoms with E-state index < -0.39 is 22.6 Å². The zero-order chi connectivity index (χ0) is 19.0. The van der Waals surface area contributed by atoms with Gasteiger partial charge in [-0.2, -0.15) is 0 Å². The van der Waals surface area contributed by atoms with E-state index >= 15 is 0 Å². The second kappa shape index (κ2) is 9.57. The predicted molar refractivity (Wildman–Crippen MR) is 125 cm³/mol. The number of benzene rings is 4. The molecule has 0 atom stereocenters. The molecule has 0 radical (unpaired) electrons. The Labute approximate surface area is 173 Å². The third-order valence-corrected chi connectivity index (χ3v) is 10.8. The van der Waals surface area contributed by atoms with Crippen molar-refractivity contribution < 1.29 is 0 Å². The van der Waals surface area contributed by atoms with Crippen LogP contribution in [0.2, 0.25) is 0 Å². The summed E-state index contributed by atoms with van der Waals surface area (Å²) in [6.45, 7) is 0. The van der Waals surface area contributed by atoms with Crippen LogP contribution in [0.15, 0.2) is 121 Å². The van der Waals surface area contributed by atoms with Gasteiger partial charge in [0, 0.05) is 0 Å². The van der Waals surface area contributed by atoms with Crippen LogP contribution in [-0.2, 0) is 0 Å². The summed E-state index contributed by atoms with van der Waals surface area (Å²) >= 11 is -1.68. The van der Waals surface area contributed by atoms with Crippen LogP contribution in [0.3, 0.4) is 0 Å². The molecule has 0 amide bonds. The Morgan fingerprint density at radius 2 is 0.821 bits per heavy atom. The fourth-order valence-corrected chi connectivity index (χ4v) is 9.06. The molecule has 0 nitrogen and oxygen atoms in total. The van der Waals surface area contributed by atoms with Crippen molar-refractivity contribution in [1.29, 1.82) is 0 Å². The summed E-state index contributed by atoms with van der Waals surface area (Å²) in [6, 6.07) is 43.0. The molecule has 0 fully saturated rings. The van der Waals surface area contributed by atoms with Crippen molar-refractivity contribution >= 4 is 41.9 Å². The molecule has 0 saturated heterocycles. The topological polar surface area (TPSA) is 0 Å². The molecule has 0 heterocycles. The first-order valence-electron chi connectivity index (χ1n) is 9.23. The molecule has 0 bridgehead atoms. The quantitative estimate of drug-likeness (QED) is 0.257. The van der Waals surface area contributed by atoms with E-state index in [0.717, 1.165) is 0 Å². The van der Waals surface area contributed by atoms with Crippen LogP contribution in [0, 0.1) is 10.4 Å². The van der Waals surface area contributed by atoms with Crippen LogP contribution in [0.4, 0.5) is 0 Å². The molecule has 0 aliphatic carbocycles. The van der Waals surface area contributed by atoms with Gasteiger partial charge in [0.05, 0.1) is 0 Å². The molecule has 0 unspecified atom stereocenters. The van der Waals surface area contributed by atoms with Crippen molar-refractivity contribution in [1.82, 2.24) is 0 Å². The fourth-order valence-electron chi connectivity index (χ4n) is 2.96. The standard InChI is InChI=1S/C26H20AsP/c1-5-13-23(14-6-1)27(24-15-7-2-8-16-24)21-22-28(25-17-9-3-10-18-25)26-19-11-4-12-20-26/h1-20H. The van der Waals surface area contributed by atoms with Gasteiger partial charge in [0.25, 0.3) is 0 Å². The number of rotatable bonds is 4. The molecule has 28 heavy (non-hydrogen) atoms. The van der Waals surface area contributed by atoms with Gasteiger partial charge in [0.15, 0.2) is 0 Å². The molecule has 0 spiro atoms. The molecule has 2 heteroatoms. The molecule has 134 valence electrons. The van der Waals surface area contributed by atoms with E-state index in [1.165, 1.54) is 19.3 Å². The molecular weight excluding hydrogens is 418 g/mol. The summed E-state index contributed by atoms with van der Waals surface area (Å²) in [5, 5.41) is 2.62. The van der Waals surface area contributed by atoms with Crippen LogP contribution in [0.1, 0.15) is 0 Å². The molecular formula is C26H20AsP. The third-order valence-electron chi connectivity index (χ3n) is 4.33. The van der Waals surface area contributed by atoms with Gasteiger partial charge in [0.2, 0.25) is 0 Å². The molecule has 0 aliphatic rings. The molecule has 0 aromatic heterocycles. The summed E-state index contributed by atoms with van der Waals surface area (Å²) < 4.78 is 6.53. The van der Waals surface area contributed by atoms with E-state index in [-0.39, 0.29) is 0 Å². The second-order valence-corrected chi connectivity index (χ2v) is 12.2. The summed E-state index contributed by atoms with van der Waals surface area (Å²) in [5.74, 6) is 0.